The van der Waals surface area contributed by atoms with E-state index in [-0.39, 0.29) is 5.57 Å². The van der Waals surface area contributed by atoms with Crippen molar-refractivity contribution in [1.29, 1.82) is 0 Å². The van der Waals surface area contributed by atoms with Gasteiger partial charge in [0.15, 0.2) is 0 Å². The molecule has 0 saturated carbocycles. The van der Waals surface area contributed by atoms with E-state index in [0.29, 0.717) is 21.3 Å². The van der Waals surface area contributed by atoms with E-state index in [0.717, 1.165) is 16.0 Å². The number of imide groups is 2. The van der Waals surface area contributed by atoms with Crippen molar-refractivity contribution < 1.29 is 14.4 Å². The fourth-order valence-corrected chi connectivity index (χ4v) is 2.83. The minimum Gasteiger partial charge on any atom is -0.273 e. The standard InChI is InChI=1S/C19H14Cl2N2O3/c1-10-3-5-13(7-11(10)2)23-18(25)14(17(24)22-19(23)26)8-12-4-6-15(20)16(21)9-12/h3-9H,1-2H3,(H,22,24,26). The van der Waals surface area contributed by atoms with Crippen molar-refractivity contribution in [3.05, 3.63) is 68.7 Å². The van der Waals surface area contributed by atoms with Crippen molar-refractivity contribution in [2.45, 2.75) is 13.8 Å². The highest BCUT2D eigenvalue weighted by molar-refractivity contribution is 6.42. The van der Waals surface area contributed by atoms with E-state index in [1.54, 1.807) is 24.3 Å². The van der Waals surface area contributed by atoms with E-state index in [2.05, 4.69) is 5.32 Å². The third kappa shape index (κ3) is 3.36. The average Bonchev–Trinajstić information content (AvgIpc) is 2.57. The molecular formula is C19H14Cl2N2O3. The Bertz CT molecular complexity index is 983. The highest BCUT2D eigenvalue weighted by atomic mass is 35.5. The zero-order valence-corrected chi connectivity index (χ0v) is 15.5. The number of rotatable bonds is 2. The Morgan fingerprint density at radius 3 is 2.31 bits per heavy atom. The predicted octanol–water partition coefficient (Wildman–Crippen LogP) is 4.28. The van der Waals surface area contributed by atoms with Crippen LogP contribution in [0, 0.1) is 13.8 Å². The van der Waals surface area contributed by atoms with Gasteiger partial charge in [0.2, 0.25) is 0 Å². The van der Waals surface area contributed by atoms with Gasteiger partial charge < -0.3 is 0 Å². The van der Waals surface area contributed by atoms with Gasteiger partial charge in [-0.25, -0.2) is 9.69 Å². The van der Waals surface area contributed by atoms with Gasteiger partial charge >= 0.3 is 6.03 Å². The third-order valence-corrected chi connectivity index (χ3v) is 4.84. The molecule has 0 aromatic heterocycles. The lowest BCUT2D eigenvalue weighted by Crippen LogP contribution is -2.54. The number of amides is 4. The first-order valence-corrected chi connectivity index (χ1v) is 8.47. The first kappa shape index (κ1) is 18.2. The predicted molar refractivity (Wildman–Crippen MR) is 101 cm³/mol. The van der Waals surface area contributed by atoms with E-state index >= 15 is 0 Å². The van der Waals surface area contributed by atoms with Crippen LogP contribution in [0.4, 0.5) is 10.5 Å². The molecule has 0 atom stereocenters. The summed E-state index contributed by atoms with van der Waals surface area (Å²) in [4.78, 5) is 38.1. The summed E-state index contributed by atoms with van der Waals surface area (Å²) in [6.07, 6.45) is 1.38. The summed E-state index contributed by atoms with van der Waals surface area (Å²) in [5.74, 6) is -1.46. The Kier molecular flexibility index (Phi) is 4.85. The molecule has 2 aromatic rings. The average molecular weight is 389 g/mol. The highest BCUT2D eigenvalue weighted by Gasteiger charge is 2.36. The first-order valence-electron chi connectivity index (χ1n) is 7.71. The zero-order chi connectivity index (χ0) is 19.0. The fourth-order valence-electron chi connectivity index (χ4n) is 2.53. The molecule has 1 heterocycles. The molecule has 1 saturated heterocycles. The van der Waals surface area contributed by atoms with Crippen LogP contribution in [0.1, 0.15) is 16.7 Å². The Hall–Kier alpha value is -2.63. The first-order chi connectivity index (χ1) is 12.3. The van der Waals surface area contributed by atoms with Crippen molar-refractivity contribution in [3.8, 4) is 0 Å². The van der Waals surface area contributed by atoms with Gasteiger partial charge in [0, 0.05) is 0 Å². The summed E-state index contributed by atoms with van der Waals surface area (Å²) >= 11 is 11.9. The van der Waals surface area contributed by atoms with Crippen LogP contribution in [-0.4, -0.2) is 17.8 Å². The fraction of sp³-hybridized carbons (Fsp3) is 0.105. The van der Waals surface area contributed by atoms with Crippen molar-refractivity contribution in [3.63, 3.8) is 0 Å². The molecule has 1 aliphatic heterocycles. The lowest BCUT2D eigenvalue weighted by Gasteiger charge is -2.26. The molecule has 1 N–H and O–H groups in total. The number of carbonyl (C=O) groups excluding carboxylic acids is 3. The maximum atomic E-state index is 12.8. The molecule has 1 aliphatic rings. The summed E-state index contributed by atoms with van der Waals surface area (Å²) in [7, 11) is 0. The monoisotopic (exact) mass is 388 g/mol. The zero-order valence-electron chi connectivity index (χ0n) is 14.0. The number of anilines is 1. The number of urea groups is 1. The second-order valence-corrected chi connectivity index (χ2v) is 6.71. The van der Waals surface area contributed by atoms with Crippen molar-refractivity contribution in [1.82, 2.24) is 5.32 Å². The van der Waals surface area contributed by atoms with Crippen LogP contribution < -0.4 is 10.2 Å². The number of hydrogen-bond acceptors (Lipinski definition) is 3. The number of nitrogens with one attached hydrogen (secondary N) is 1. The lowest BCUT2D eigenvalue weighted by molar-refractivity contribution is -0.122. The maximum Gasteiger partial charge on any atom is 0.335 e. The molecule has 0 bridgehead atoms. The second-order valence-electron chi connectivity index (χ2n) is 5.90. The van der Waals surface area contributed by atoms with Gasteiger partial charge in [0.05, 0.1) is 15.7 Å². The molecule has 1 fully saturated rings. The van der Waals surface area contributed by atoms with Crippen LogP contribution in [0.25, 0.3) is 6.08 Å². The molecule has 3 rings (SSSR count). The van der Waals surface area contributed by atoms with Gasteiger partial charge in [-0.3, -0.25) is 14.9 Å². The molecule has 26 heavy (non-hydrogen) atoms. The van der Waals surface area contributed by atoms with Gasteiger partial charge in [-0.2, -0.15) is 0 Å². The van der Waals surface area contributed by atoms with E-state index in [9.17, 15) is 14.4 Å². The van der Waals surface area contributed by atoms with Crippen LogP contribution in [0.2, 0.25) is 10.0 Å². The SMILES string of the molecule is Cc1ccc(N2C(=O)NC(=O)C(=Cc3ccc(Cl)c(Cl)c3)C2=O)cc1C. The number of carbonyl (C=O) groups is 3. The largest absolute Gasteiger partial charge is 0.335 e. The second kappa shape index (κ2) is 6.94. The van der Waals surface area contributed by atoms with Crippen molar-refractivity contribution in [2.24, 2.45) is 0 Å². The number of halogens is 2. The normalized spacial score (nSPS) is 16.2. The smallest absolute Gasteiger partial charge is 0.273 e. The highest BCUT2D eigenvalue weighted by Crippen LogP contribution is 2.26. The van der Waals surface area contributed by atoms with Gasteiger partial charge in [0.1, 0.15) is 5.57 Å². The minimum atomic E-state index is -0.783. The number of benzene rings is 2. The number of aryl methyl sites for hydroxylation is 2. The topological polar surface area (TPSA) is 66.5 Å². The van der Waals surface area contributed by atoms with Crippen LogP contribution in [0.15, 0.2) is 42.0 Å². The molecule has 7 heteroatoms. The number of barbiturate groups is 1. The molecule has 0 spiro atoms. The van der Waals surface area contributed by atoms with Gasteiger partial charge in [-0.05, 0) is 60.9 Å². The van der Waals surface area contributed by atoms with E-state index in [1.165, 1.54) is 12.1 Å². The minimum absolute atomic E-state index is 0.166. The summed E-state index contributed by atoms with van der Waals surface area (Å²) in [6.45, 7) is 3.80. The Balaban J connectivity index is 2.03. The van der Waals surface area contributed by atoms with Crippen LogP contribution in [0.3, 0.4) is 0 Å². The molecule has 4 amide bonds. The van der Waals surface area contributed by atoms with Gasteiger partial charge in [-0.15, -0.1) is 0 Å². The summed E-state index contributed by atoms with van der Waals surface area (Å²) in [5.41, 5.74) is 2.70. The number of nitrogens with zero attached hydrogens (tertiary/aromatic N) is 1. The maximum absolute atomic E-state index is 12.8. The third-order valence-electron chi connectivity index (χ3n) is 4.11. The van der Waals surface area contributed by atoms with Gasteiger partial charge in [0.25, 0.3) is 11.8 Å². The molecule has 2 aromatic carbocycles. The molecule has 0 unspecified atom stereocenters. The van der Waals surface area contributed by atoms with E-state index < -0.39 is 17.8 Å². The van der Waals surface area contributed by atoms with Crippen LogP contribution in [-0.2, 0) is 9.59 Å². The van der Waals surface area contributed by atoms with Crippen molar-refractivity contribution in [2.75, 3.05) is 4.90 Å². The summed E-state index contributed by atoms with van der Waals surface area (Å²) in [6, 6.07) is 9.13. The molecular weight excluding hydrogens is 375 g/mol. The summed E-state index contributed by atoms with van der Waals surface area (Å²) < 4.78 is 0. The van der Waals surface area contributed by atoms with Crippen LogP contribution in [0.5, 0.6) is 0 Å². The Morgan fingerprint density at radius 1 is 0.923 bits per heavy atom. The molecule has 0 radical (unpaired) electrons. The van der Waals surface area contributed by atoms with E-state index in [1.807, 2.05) is 19.9 Å². The van der Waals surface area contributed by atoms with E-state index in [4.69, 9.17) is 23.2 Å². The Morgan fingerprint density at radius 2 is 1.65 bits per heavy atom. The van der Waals surface area contributed by atoms with Crippen LogP contribution >= 0.6 is 23.2 Å². The lowest BCUT2D eigenvalue weighted by atomic mass is 10.1. The molecule has 132 valence electrons. The molecule has 5 nitrogen and oxygen atoms in total. The molecule has 0 aliphatic carbocycles. The summed E-state index contributed by atoms with van der Waals surface area (Å²) in [5, 5.41) is 2.85. The number of hydrogen-bond donors (Lipinski definition) is 1. The van der Waals surface area contributed by atoms with Gasteiger partial charge in [-0.1, -0.05) is 35.3 Å². The Labute approximate surface area is 160 Å². The quantitative estimate of drug-likeness (QED) is 0.616. The van der Waals surface area contributed by atoms with Crippen molar-refractivity contribution >= 4 is 52.8 Å².